The molecule has 0 bridgehead atoms. The molecule has 10 heteroatoms. The predicted octanol–water partition coefficient (Wildman–Crippen LogP) is 9.23. The van der Waals surface area contributed by atoms with Gasteiger partial charge in [0.15, 0.2) is 11.5 Å². The Morgan fingerprint density at radius 3 is 2.08 bits per heavy atom. The molecule has 4 amide bonds. The number of nitrogens with zero attached hydrogens (tertiary/aromatic N) is 2. The van der Waals surface area contributed by atoms with Crippen LogP contribution in [0, 0.1) is 0 Å². The number of urea groups is 1. The summed E-state index contributed by atoms with van der Waals surface area (Å²) in [4.78, 5) is 44.9. The molecular formula is C43H35BrClN3O5. The number of anilines is 2. The molecule has 0 aliphatic carbocycles. The molecule has 53 heavy (non-hydrogen) atoms. The van der Waals surface area contributed by atoms with E-state index < -0.39 is 17.8 Å². The van der Waals surface area contributed by atoms with Crippen molar-refractivity contribution in [2.45, 2.75) is 31.3 Å². The van der Waals surface area contributed by atoms with Gasteiger partial charge >= 0.3 is 6.03 Å². The molecule has 1 fully saturated rings. The zero-order chi connectivity index (χ0) is 36.6. The van der Waals surface area contributed by atoms with E-state index in [1.54, 1.807) is 18.2 Å². The van der Waals surface area contributed by atoms with Crippen molar-refractivity contribution in [3.05, 3.63) is 158 Å². The average molecular weight is 789 g/mol. The number of carbonyl (C=O) groups excluding carboxylic acids is 3. The van der Waals surface area contributed by atoms with Gasteiger partial charge in [0.25, 0.3) is 11.8 Å². The molecule has 0 aromatic heterocycles. The van der Waals surface area contributed by atoms with Gasteiger partial charge in [-0.3, -0.25) is 14.9 Å². The van der Waals surface area contributed by atoms with Gasteiger partial charge in [-0.15, -0.1) is 0 Å². The lowest BCUT2D eigenvalue weighted by molar-refractivity contribution is -0.122. The molecule has 5 aromatic rings. The van der Waals surface area contributed by atoms with Crippen molar-refractivity contribution in [2.75, 3.05) is 30.0 Å². The largest absolute Gasteiger partial charge is 0.493 e. The van der Waals surface area contributed by atoms with Crippen LogP contribution in [-0.2, 0) is 16.2 Å². The number of methoxy groups -OCH3 is 1. The lowest BCUT2D eigenvalue weighted by Crippen LogP contribution is -2.54. The number of amides is 4. The zero-order valence-corrected chi connectivity index (χ0v) is 31.2. The summed E-state index contributed by atoms with van der Waals surface area (Å²) in [5.74, 6) is -0.508. The number of imide groups is 2. The van der Waals surface area contributed by atoms with Gasteiger partial charge in [0.05, 0.1) is 17.3 Å². The van der Waals surface area contributed by atoms with Gasteiger partial charge in [0.2, 0.25) is 0 Å². The molecule has 3 aliphatic rings. The van der Waals surface area contributed by atoms with Crippen molar-refractivity contribution in [3.63, 3.8) is 0 Å². The number of ether oxygens (including phenoxy) is 2. The summed E-state index contributed by atoms with van der Waals surface area (Å²) in [6.45, 7) is 2.06. The molecule has 266 valence electrons. The van der Waals surface area contributed by atoms with Crippen LogP contribution in [0.4, 0.5) is 16.2 Å². The van der Waals surface area contributed by atoms with Crippen LogP contribution < -0.4 is 24.6 Å². The summed E-state index contributed by atoms with van der Waals surface area (Å²) in [6.07, 6.45) is 3.26. The fraction of sp³-hybridized carbons (Fsp3) is 0.186. The van der Waals surface area contributed by atoms with Crippen LogP contribution in [0.1, 0.15) is 58.1 Å². The molecule has 0 unspecified atom stereocenters. The van der Waals surface area contributed by atoms with Crippen LogP contribution in [0.15, 0.2) is 119 Å². The lowest BCUT2D eigenvalue weighted by atomic mass is 9.76. The maximum atomic E-state index is 14.4. The second-order valence-corrected chi connectivity index (χ2v) is 14.7. The van der Waals surface area contributed by atoms with Crippen LogP contribution in [0.25, 0.3) is 6.08 Å². The zero-order valence-electron chi connectivity index (χ0n) is 28.9. The Bertz CT molecular complexity index is 2210. The van der Waals surface area contributed by atoms with Crippen molar-refractivity contribution < 1.29 is 23.9 Å². The van der Waals surface area contributed by atoms with Gasteiger partial charge in [-0.05, 0) is 105 Å². The predicted molar refractivity (Wildman–Crippen MR) is 210 cm³/mol. The summed E-state index contributed by atoms with van der Waals surface area (Å²) in [5.41, 5.74) is 7.28. The van der Waals surface area contributed by atoms with E-state index in [1.807, 2.05) is 66.7 Å². The maximum absolute atomic E-state index is 14.4. The fourth-order valence-electron chi connectivity index (χ4n) is 7.77. The van der Waals surface area contributed by atoms with Gasteiger partial charge in [0, 0.05) is 35.6 Å². The Hall–Kier alpha value is -5.38. The first-order valence-electron chi connectivity index (χ1n) is 17.5. The normalized spacial score (nSPS) is 18.8. The maximum Gasteiger partial charge on any atom is 0.335 e. The molecule has 0 saturated carbocycles. The smallest absolute Gasteiger partial charge is 0.335 e. The van der Waals surface area contributed by atoms with Crippen molar-refractivity contribution in [3.8, 4) is 11.5 Å². The summed E-state index contributed by atoms with van der Waals surface area (Å²) < 4.78 is 12.3. The molecule has 1 saturated heterocycles. The number of barbiturate groups is 1. The van der Waals surface area contributed by atoms with Gasteiger partial charge < -0.3 is 14.4 Å². The number of rotatable bonds is 8. The lowest BCUT2D eigenvalue weighted by Gasteiger charge is -2.44. The molecular weight excluding hydrogens is 754 g/mol. The van der Waals surface area contributed by atoms with E-state index in [4.69, 9.17) is 21.1 Å². The van der Waals surface area contributed by atoms with Crippen molar-refractivity contribution in [1.82, 2.24) is 5.32 Å². The first kappa shape index (κ1) is 34.7. The quantitative estimate of drug-likeness (QED) is 0.125. The fourth-order valence-corrected chi connectivity index (χ4v) is 8.56. The monoisotopic (exact) mass is 787 g/mol. The molecule has 2 atom stereocenters. The van der Waals surface area contributed by atoms with E-state index in [-0.39, 0.29) is 24.0 Å². The summed E-state index contributed by atoms with van der Waals surface area (Å²) in [6, 6.07) is 34.6. The number of carbonyl (C=O) groups is 3. The minimum Gasteiger partial charge on any atom is -0.493 e. The summed E-state index contributed by atoms with van der Waals surface area (Å²) in [7, 11) is 1.51. The number of hydrogen-bond donors (Lipinski definition) is 1. The number of nitrogens with one attached hydrogen (secondary N) is 1. The van der Waals surface area contributed by atoms with Gasteiger partial charge in [-0.2, -0.15) is 0 Å². The molecule has 3 heterocycles. The van der Waals surface area contributed by atoms with E-state index in [9.17, 15) is 14.4 Å². The second-order valence-electron chi connectivity index (χ2n) is 13.4. The second kappa shape index (κ2) is 14.6. The topological polar surface area (TPSA) is 88.2 Å². The van der Waals surface area contributed by atoms with E-state index in [0.29, 0.717) is 32.2 Å². The van der Waals surface area contributed by atoms with Gasteiger partial charge in [-0.1, -0.05) is 84.4 Å². The molecule has 3 aliphatic heterocycles. The minimum absolute atomic E-state index is 0.0692. The number of benzene rings is 5. The minimum atomic E-state index is -0.788. The highest BCUT2D eigenvalue weighted by Crippen LogP contribution is 2.50. The third kappa shape index (κ3) is 6.71. The molecule has 8 rings (SSSR count). The first-order valence-corrected chi connectivity index (χ1v) is 18.6. The third-order valence-corrected chi connectivity index (χ3v) is 11.0. The Morgan fingerprint density at radius 2 is 1.47 bits per heavy atom. The standard InChI is InChI=1S/C43H35BrClN3O5/c1-52-38-22-27(21-37(44)40(38)53-25-26-9-8-14-30(45)19-26)20-36-41(49)46-43(51)48(42(36)50)31-23-34-32(28-10-4-2-5-11-28)15-17-47-18-16-33(35(24-31)39(34)47)29-12-6-3-7-13-29/h2-14,19-24,32-33H,15-18,25H2,1H3,(H,46,49,51)/b36-20+/t32-,33-/m0/s1. The number of hydrogen-bond acceptors (Lipinski definition) is 6. The first-order chi connectivity index (χ1) is 25.8. The van der Waals surface area contributed by atoms with Crippen molar-refractivity contribution in [2.24, 2.45) is 0 Å². The molecule has 5 aromatic carbocycles. The van der Waals surface area contributed by atoms with Crippen LogP contribution in [0.2, 0.25) is 5.02 Å². The number of halogens is 2. The van der Waals surface area contributed by atoms with E-state index in [1.165, 1.54) is 30.0 Å². The Morgan fingerprint density at radius 1 is 0.830 bits per heavy atom. The van der Waals surface area contributed by atoms with Crippen LogP contribution in [0.5, 0.6) is 11.5 Å². The Kier molecular flexibility index (Phi) is 9.53. The highest BCUT2D eigenvalue weighted by molar-refractivity contribution is 9.10. The van der Waals surface area contributed by atoms with Gasteiger partial charge in [-0.25, -0.2) is 9.69 Å². The summed E-state index contributed by atoms with van der Waals surface area (Å²) >= 11 is 9.72. The highest BCUT2D eigenvalue weighted by atomic mass is 79.9. The van der Waals surface area contributed by atoms with Crippen LogP contribution in [-0.4, -0.2) is 38.0 Å². The Balaban J connectivity index is 1.19. The third-order valence-electron chi connectivity index (χ3n) is 10.2. The van der Waals surface area contributed by atoms with E-state index >= 15 is 0 Å². The Labute approximate surface area is 321 Å². The van der Waals surface area contributed by atoms with Crippen LogP contribution in [0.3, 0.4) is 0 Å². The molecule has 1 N–H and O–H groups in total. The van der Waals surface area contributed by atoms with Gasteiger partial charge in [0.1, 0.15) is 12.2 Å². The molecule has 8 nitrogen and oxygen atoms in total. The molecule has 0 radical (unpaired) electrons. The van der Waals surface area contributed by atoms with Crippen molar-refractivity contribution in [1.29, 1.82) is 0 Å². The SMILES string of the molecule is COc1cc(/C=C2\C(=O)NC(=O)N(c3cc4c5c(c3)[C@H](c3ccccc3)CCN5CC[C@H]4c3ccccc3)C2=O)cc(Br)c1OCc1cccc(Cl)c1. The highest BCUT2D eigenvalue weighted by Gasteiger charge is 2.40. The summed E-state index contributed by atoms with van der Waals surface area (Å²) in [5, 5.41) is 3.03. The van der Waals surface area contributed by atoms with E-state index in [0.717, 1.165) is 47.5 Å². The average Bonchev–Trinajstić information content (AvgIpc) is 3.16. The molecule has 0 spiro atoms. The van der Waals surface area contributed by atoms with Crippen molar-refractivity contribution >= 4 is 62.8 Å². The van der Waals surface area contributed by atoms with Crippen LogP contribution >= 0.6 is 27.5 Å². The van der Waals surface area contributed by atoms with E-state index in [2.05, 4.69) is 50.4 Å².